The van der Waals surface area contributed by atoms with E-state index >= 15 is 0 Å². The fourth-order valence-corrected chi connectivity index (χ4v) is 1.82. The van der Waals surface area contributed by atoms with Crippen molar-refractivity contribution in [1.82, 2.24) is 9.97 Å². The van der Waals surface area contributed by atoms with Crippen LogP contribution in [0.1, 0.15) is 12.5 Å². The summed E-state index contributed by atoms with van der Waals surface area (Å²) < 4.78 is 5.71. The average molecular weight is 295 g/mol. The number of aromatic amines is 1. The number of hydrogen-bond acceptors (Lipinski definition) is 3. The number of nitrogens with zero attached hydrogens (tertiary/aromatic N) is 1. The first-order valence-corrected chi connectivity index (χ1v) is 5.97. The summed E-state index contributed by atoms with van der Waals surface area (Å²) >= 11 is 3.36. The molecule has 17 heavy (non-hydrogen) atoms. The molecule has 0 aliphatic heterocycles. The van der Waals surface area contributed by atoms with Crippen LogP contribution in [-0.2, 0) is 9.53 Å². The van der Waals surface area contributed by atoms with Crippen LogP contribution in [0.25, 0.3) is 17.1 Å². The van der Waals surface area contributed by atoms with Crippen molar-refractivity contribution in [2.45, 2.75) is 6.92 Å². The monoisotopic (exact) mass is 294 g/mol. The van der Waals surface area contributed by atoms with Crippen LogP contribution in [0.15, 0.2) is 29.0 Å². The number of carbonyl (C=O) groups is 1. The molecule has 0 aliphatic carbocycles. The van der Waals surface area contributed by atoms with Gasteiger partial charge in [-0.2, -0.15) is 0 Å². The molecule has 88 valence electrons. The lowest BCUT2D eigenvalue weighted by Crippen LogP contribution is -1.98. The quantitative estimate of drug-likeness (QED) is 0.699. The Hall–Kier alpha value is -1.62. The number of H-pyrrole nitrogens is 1. The van der Waals surface area contributed by atoms with Gasteiger partial charge in [0, 0.05) is 33.9 Å². The van der Waals surface area contributed by atoms with Gasteiger partial charge in [-0.25, -0.2) is 9.78 Å². The van der Waals surface area contributed by atoms with Crippen molar-refractivity contribution >= 4 is 39.0 Å². The van der Waals surface area contributed by atoms with Gasteiger partial charge in [0.25, 0.3) is 0 Å². The van der Waals surface area contributed by atoms with Crippen LogP contribution >= 0.6 is 15.9 Å². The van der Waals surface area contributed by atoms with Gasteiger partial charge in [-0.3, -0.25) is 0 Å². The van der Waals surface area contributed by atoms with E-state index in [9.17, 15) is 4.79 Å². The van der Waals surface area contributed by atoms with Crippen LogP contribution in [0.4, 0.5) is 0 Å². The molecular weight excluding hydrogens is 284 g/mol. The van der Waals surface area contributed by atoms with Gasteiger partial charge in [0.05, 0.1) is 6.61 Å². The summed E-state index contributed by atoms with van der Waals surface area (Å²) in [6.07, 6.45) is 6.65. The van der Waals surface area contributed by atoms with Crippen molar-refractivity contribution in [2.24, 2.45) is 0 Å². The predicted molar refractivity (Wildman–Crippen MR) is 69.5 cm³/mol. The maximum Gasteiger partial charge on any atom is 0.330 e. The smallest absolute Gasteiger partial charge is 0.330 e. The number of rotatable bonds is 3. The first-order valence-electron chi connectivity index (χ1n) is 5.18. The number of aromatic nitrogens is 2. The molecule has 5 heteroatoms. The highest BCUT2D eigenvalue weighted by atomic mass is 79.9. The van der Waals surface area contributed by atoms with Crippen LogP contribution in [0, 0.1) is 0 Å². The second-order valence-corrected chi connectivity index (χ2v) is 4.29. The standard InChI is InChI=1S/C12H11BrN2O2/c1-2-17-11(16)4-3-8-6-14-12-10(8)5-9(13)7-15-12/h3-7H,2H2,1H3,(H,14,15). The van der Waals surface area contributed by atoms with Crippen molar-refractivity contribution in [3.63, 3.8) is 0 Å². The van der Waals surface area contributed by atoms with E-state index in [0.29, 0.717) is 6.61 Å². The minimum absolute atomic E-state index is 0.343. The minimum atomic E-state index is -0.343. The molecule has 0 saturated heterocycles. The van der Waals surface area contributed by atoms with E-state index in [1.807, 2.05) is 6.07 Å². The highest BCUT2D eigenvalue weighted by Gasteiger charge is 2.03. The Morgan fingerprint density at radius 2 is 2.47 bits per heavy atom. The highest BCUT2D eigenvalue weighted by Crippen LogP contribution is 2.21. The van der Waals surface area contributed by atoms with Crippen LogP contribution in [0.3, 0.4) is 0 Å². The molecule has 0 amide bonds. The number of halogens is 1. The topological polar surface area (TPSA) is 55.0 Å². The van der Waals surface area contributed by atoms with Crippen molar-refractivity contribution in [3.05, 3.63) is 34.6 Å². The molecule has 0 atom stereocenters. The number of ether oxygens (including phenoxy) is 1. The molecular formula is C12H11BrN2O2. The first-order chi connectivity index (χ1) is 8.20. The highest BCUT2D eigenvalue weighted by molar-refractivity contribution is 9.10. The third kappa shape index (κ3) is 2.74. The lowest BCUT2D eigenvalue weighted by molar-refractivity contribution is -0.137. The van der Waals surface area contributed by atoms with E-state index in [4.69, 9.17) is 4.74 Å². The molecule has 2 aromatic heterocycles. The number of hydrogen-bond donors (Lipinski definition) is 1. The number of carbonyl (C=O) groups excluding carboxylic acids is 1. The molecule has 4 nitrogen and oxygen atoms in total. The molecule has 0 saturated carbocycles. The molecule has 2 aromatic rings. The van der Waals surface area contributed by atoms with Gasteiger partial charge in [-0.05, 0) is 35.0 Å². The first kappa shape index (κ1) is 11.9. The Morgan fingerprint density at radius 3 is 3.24 bits per heavy atom. The zero-order valence-electron chi connectivity index (χ0n) is 9.24. The van der Waals surface area contributed by atoms with E-state index in [-0.39, 0.29) is 5.97 Å². The van der Waals surface area contributed by atoms with Crippen LogP contribution in [-0.4, -0.2) is 22.5 Å². The molecule has 0 bridgehead atoms. The second-order valence-electron chi connectivity index (χ2n) is 3.38. The van der Waals surface area contributed by atoms with Gasteiger partial charge >= 0.3 is 5.97 Å². The predicted octanol–water partition coefficient (Wildman–Crippen LogP) is 2.90. The third-order valence-electron chi connectivity index (χ3n) is 2.22. The van der Waals surface area contributed by atoms with Gasteiger partial charge in [0.15, 0.2) is 0 Å². The summed E-state index contributed by atoms with van der Waals surface area (Å²) in [6, 6.07) is 1.95. The molecule has 0 spiro atoms. The molecule has 0 unspecified atom stereocenters. The van der Waals surface area contributed by atoms with Gasteiger partial charge in [-0.15, -0.1) is 0 Å². The molecule has 0 aliphatic rings. The molecule has 1 N–H and O–H groups in total. The van der Waals surface area contributed by atoms with Gasteiger partial charge < -0.3 is 9.72 Å². The lowest BCUT2D eigenvalue weighted by atomic mass is 10.2. The van der Waals surface area contributed by atoms with E-state index in [1.165, 1.54) is 6.08 Å². The van der Waals surface area contributed by atoms with Crippen molar-refractivity contribution in [3.8, 4) is 0 Å². The van der Waals surface area contributed by atoms with Crippen LogP contribution in [0.5, 0.6) is 0 Å². The number of esters is 1. The van der Waals surface area contributed by atoms with Gasteiger partial charge in [-0.1, -0.05) is 0 Å². The SMILES string of the molecule is CCOC(=O)C=Cc1c[nH]c2ncc(Br)cc12. The molecule has 2 heterocycles. The van der Waals surface area contributed by atoms with Gasteiger partial charge in [0.1, 0.15) is 5.65 Å². The summed E-state index contributed by atoms with van der Waals surface area (Å²) in [6.45, 7) is 2.16. The summed E-state index contributed by atoms with van der Waals surface area (Å²) in [5, 5.41) is 0.958. The summed E-state index contributed by atoms with van der Waals surface area (Å²) in [7, 11) is 0. The largest absolute Gasteiger partial charge is 0.463 e. The lowest BCUT2D eigenvalue weighted by Gasteiger charge is -1.95. The average Bonchev–Trinajstić information content (AvgIpc) is 2.69. The Bertz CT molecular complexity index is 575. The Labute approximate surface area is 107 Å². The molecule has 0 aromatic carbocycles. The summed E-state index contributed by atoms with van der Waals surface area (Å²) in [5.74, 6) is -0.343. The maximum atomic E-state index is 11.2. The van der Waals surface area contributed by atoms with Gasteiger partial charge in [0.2, 0.25) is 0 Å². The van der Waals surface area contributed by atoms with E-state index < -0.39 is 0 Å². The Kier molecular flexibility index (Phi) is 3.58. The molecule has 2 rings (SSSR count). The van der Waals surface area contributed by atoms with E-state index in [1.54, 1.807) is 25.4 Å². The summed E-state index contributed by atoms with van der Waals surface area (Å²) in [4.78, 5) is 18.4. The number of pyridine rings is 1. The van der Waals surface area contributed by atoms with Crippen molar-refractivity contribution < 1.29 is 9.53 Å². The Balaban J connectivity index is 2.30. The Morgan fingerprint density at radius 1 is 1.65 bits per heavy atom. The number of nitrogens with one attached hydrogen (secondary N) is 1. The zero-order chi connectivity index (χ0) is 12.3. The van der Waals surface area contributed by atoms with Crippen LogP contribution < -0.4 is 0 Å². The molecule has 0 radical (unpaired) electrons. The number of fused-ring (bicyclic) bond motifs is 1. The van der Waals surface area contributed by atoms with E-state index in [0.717, 1.165) is 21.1 Å². The summed E-state index contributed by atoms with van der Waals surface area (Å²) in [5.41, 5.74) is 1.69. The maximum absolute atomic E-state index is 11.2. The zero-order valence-corrected chi connectivity index (χ0v) is 10.8. The molecule has 0 fully saturated rings. The second kappa shape index (κ2) is 5.14. The van der Waals surface area contributed by atoms with Crippen LogP contribution in [0.2, 0.25) is 0 Å². The minimum Gasteiger partial charge on any atom is -0.463 e. The van der Waals surface area contributed by atoms with Crippen molar-refractivity contribution in [1.29, 1.82) is 0 Å². The fourth-order valence-electron chi connectivity index (χ4n) is 1.48. The third-order valence-corrected chi connectivity index (χ3v) is 2.65. The van der Waals surface area contributed by atoms with Crippen molar-refractivity contribution in [2.75, 3.05) is 6.61 Å². The fraction of sp³-hybridized carbons (Fsp3) is 0.167. The normalized spacial score (nSPS) is 11.2. The van der Waals surface area contributed by atoms with E-state index in [2.05, 4.69) is 25.9 Å².